The van der Waals surface area contributed by atoms with Crippen LogP contribution < -0.4 is 11.2 Å². The van der Waals surface area contributed by atoms with Gasteiger partial charge in [0.25, 0.3) is 0 Å². The Morgan fingerprint density at radius 2 is 2.20 bits per heavy atom. The zero-order valence-corrected chi connectivity index (χ0v) is 7.52. The molecule has 6 heteroatoms. The number of nitrogens with zero attached hydrogens (tertiary/aromatic N) is 1. The average molecular weight is 205 g/mol. The van der Waals surface area contributed by atoms with Crippen LogP contribution in [0.4, 0.5) is 5.69 Å². The molecule has 0 spiro atoms. The largest absolute Gasteiger partial charge is 0.476 e. The Morgan fingerprint density at radius 1 is 1.47 bits per heavy atom. The summed E-state index contributed by atoms with van der Waals surface area (Å²) < 4.78 is 0. The highest BCUT2D eigenvalue weighted by atomic mass is 16.4. The first kappa shape index (κ1) is 9.20. The van der Waals surface area contributed by atoms with Crippen LogP contribution in [0.3, 0.4) is 0 Å². The molecule has 0 atom stereocenters. The average Bonchev–Trinajstić information content (AvgIpc) is 2.19. The number of anilines is 1. The topological polar surface area (TPSA) is 109 Å². The van der Waals surface area contributed by atoms with E-state index in [0.29, 0.717) is 11.2 Å². The number of benzene rings is 1. The van der Waals surface area contributed by atoms with Gasteiger partial charge in [0.15, 0.2) is 0 Å². The van der Waals surface area contributed by atoms with Crippen LogP contribution in [0, 0.1) is 0 Å². The zero-order valence-electron chi connectivity index (χ0n) is 7.52. The summed E-state index contributed by atoms with van der Waals surface area (Å²) in [7, 11) is 0. The first-order valence-electron chi connectivity index (χ1n) is 4.11. The highest BCUT2D eigenvalue weighted by Crippen LogP contribution is 2.10. The minimum Gasteiger partial charge on any atom is -0.476 e. The van der Waals surface area contributed by atoms with Crippen LogP contribution in [0.15, 0.2) is 23.0 Å². The van der Waals surface area contributed by atoms with E-state index in [-0.39, 0.29) is 5.39 Å². The number of rotatable bonds is 1. The van der Waals surface area contributed by atoms with Gasteiger partial charge in [-0.3, -0.25) is 9.89 Å². The summed E-state index contributed by atoms with van der Waals surface area (Å²) in [5, 5.41) is 14.8. The van der Waals surface area contributed by atoms with Gasteiger partial charge in [0.2, 0.25) is 11.1 Å². The van der Waals surface area contributed by atoms with Crippen molar-refractivity contribution >= 4 is 22.6 Å². The maximum absolute atomic E-state index is 11.6. The number of H-pyrrole nitrogens is 1. The Morgan fingerprint density at radius 3 is 2.87 bits per heavy atom. The van der Waals surface area contributed by atoms with Crippen molar-refractivity contribution in [3.8, 4) is 0 Å². The lowest BCUT2D eigenvalue weighted by atomic mass is 10.2. The molecular weight excluding hydrogens is 198 g/mol. The zero-order chi connectivity index (χ0) is 11.0. The molecule has 76 valence electrons. The summed E-state index contributed by atoms with van der Waals surface area (Å²) >= 11 is 0. The maximum Gasteiger partial charge on any atom is 0.360 e. The normalized spacial score (nSPS) is 10.4. The molecule has 4 N–H and O–H groups in total. The lowest BCUT2D eigenvalue weighted by Gasteiger charge is -1.99. The number of carboxylic acid groups (broad SMARTS) is 1. The van der Waals surface area contributed by atoms with Crippen molar-refractivity contribution in [3.05, 3.63) is 34.1 Å². The van der Waals surface area contributed by atoms with E-state index in [4.69, 9.17) is 10.8 Å². The van der Waals surface area contributed by atoms with Gasteiger partial charge in [-0.1, -0.05) is 0 Å². The predicted octanol–water partition coefficient (Wildman–Crippen LogP) is 0.204. The summed E-state index contributed by atoms with van der Waals surface area (Å²) in [6, 6.07) is 4.59. The lowest BCUT2D eigenvalue weighted by Crippen LogP contribution is -2.18. The third-order valence-corrected chi connectivity index (χ3v) is 1.99. The SMILES string of the molecule is Nc1ccc2[nH]nc(C(=O)O)c(=O)c2c1. The van der Waals surface area contributed by atoms with E-state index in [2.05, 4.69) is 10.2 Å². The van der Waals surface area contributed by atoms with Crippen LogP contribution >= 0.6 is 0 Å². The number of aromatic nitrogens is 2. The molecule has 0 amide bonds. The second kappa shape index (κ2) is 3.09. The van der Waals surface area contributed by atoms with Crippen LogP contribution in [0.1, 0.15) is 10.5 Å². The maximum atomic E-state index is 11.6. The van der Waals surface area contributed by atoms with E-state index in [1.807, 2.05) is 0 Å². The van der Waals surface area contributed by atoms with Gasteiger partial charge in [0.05, 0.1) is 10.9 Å². The Hall–Kier alpha value is -2.37. The summed E-state index contributed by atoms with van der Waals surface area (Å²) in [4.78, 5) is 22.2. The van der Waals surface area contributed by atoms with Crippen molar-refractivity contribution in [2.45, 2.75) is 0 Å². The van der Waals surface area contributed by atoms with Crippen molar-refractivity contribution < 1.29 is 9.90 Å². The molecule has 0 aliphatic heterocycles. The molecule has 1 aromatic carbocycles. The van der Waals surface area contributed by atoms with E-state index >= 15 is 0 Å². The Kier molecular flexibility index (Phi) is 1.89. The summed E-state index contributed by atoms with van der Waals surface area (Å²) in [5.41, 5.74) is 5.18. The monoisotopic (exact) mass is 205 g/mol. The number of nitrogen functional groups attached to an aromatic ring is 1. The summed E-state index contributed by atoms with van der Waals surface area (Å²) in [6.07, 6.45) is 0. The van der Waals surface area contributed by atoms with Crippen LogP contribution in [-0.4, -0.2) is 21.3 Å². The number of nitrogens with one attached hydrogen (secondary N) is 1. The van der Waals surface area contributed by atoms with E-state index in [1.165, 1.54) is 6.07 Å². The van der Waals surface area contributed by atoms with Gasteiger partial charge < -0.3 is 10.8 Å². The van der Waals surface area contributed by atoms with Crippen molar-refractivity contribution in [1.29, 1.82) is 0 Å². The molecule has 0 aliphatic rings. The summed E-state index contributed by atoms with van der Waals surface area (Å²) in [5.74, 6) is -1.36. The first-order chi connectivity index (χ1) is 7.09. The van der Waals surface area contributed by atoms with Crippen molar-refractivity contribution in [2.24, 2.45) is 0 Å². The third kappa shape index (κ3) is 1.41. The fourth-order valence-corrected chi connectivity index (χ4v) is 1.29. The number of nitrogens with two attached hydrogens (primary N) is 1. The second-order valence-corrected chi connectivity index (χ2v) is 3.01. The molecule has 0 radical (unpaired) electrons. The number of aromatic carboxylic acids is 1. The van der Waals surface area contributed by atoms with Crippen molar-refractivity contribution in [2.75, 3.05) is 5.73 Å². The van der Waals surface area contributed by atoms with Gasteiger partial charge in [-0.25, -0.2) is 4.79 Å². The van der Waals surface area contributed by atoms with E-state index in [0.717, 1.165) is 0 Å². The minimum absolute atomic E-state index is 0.224. The van der Waals surface area contributed by atoms with E-state index in [1.54, 1.807) is 12.1 Å². The first-order valence-corrected chi connectivity index (χ1v) is 4.11. The minimum atomic E-state index is -1.36. The van der Waals surface area contributed by atoms with Gasteiger partial charge in [-0.05, 0) is 18.2 Å². The number of fused-ring (bicyclic) bond motifs is 1. The fraction of sp³-hybridized carbons (Fsp3) is 0. The standard InChI is InChI=1S/C9H7N3O3/c10-4-1-2-6-5(3-4)8(13)7(9(14)15)12-11-6/h1-3H,10H2,(H,11,13)(H,14,15). The van der Waals surface area contributed by atoms with Gasteiger partial charge in [0, 0.05) is 5.69 Å². The van der Waals surface area contributed by atoms with Crippen molar-refractivity contribution in [3.63, 3.8) is 0 Å². The van der Waals surface area contributed by atoms with E-state index < -0.39 is 17.1 Å². The van der Waals surface area contributed by atoms with Gasteiger partial charge in [-0.2, -0.15) is 5.10 Å². The molecule has 1 heterocycles. The third-order valence-electron chi connectivity index (χ3n) is 1.99. The Balaban J connectivity index is 2.89. The van der Waals surface area contributed by atoms with Gasteiger partial charge in [0.1, 0.15) is 0 Å². The molecule has 0 bridgehead atoms. The summed E-state index contributed by atoms with van der Waals surface area (Å²) in [6.45, 7) is 0. The van der Waals surface area contributed by atoms with Crippen molar-refractivity contribution in [1.82, 2.24) is 10.2 Å². The highest BCUT2D eigenvalue weighted by molar-refractivity contribution is 5.90. The fourth-order valence-electron chi connectivity index (χ4n) is 1.29. The molecule has 1 aromatic heterocycles. The molecule has 2 aromatic rings. The second-order valence-electron chi connectivity index (χ2n) is 3.01. The van der Waals surface area contributed by atoms with Crippen LogP contribution in [-0.2, 0) is 0 Å². The molecular formula is C9H7N3O3. The van der Waals surface area contributed by atoms with E-state index in [9.17, 15) is 9.59 Å². The van der Waals surface area contributed by atoms with Crippen LogP contribution in [0.5, 0.6) is 0 Å². The Labute approximate surface area is 83.3 Å². The van der Waals surface area contributed by atoms with Crippen LogP contribution in [0.2, 0.25) is 0 Å². The smallest absolute Gasteiger partial charge is 0.360 e. The Bertz CT molecular complexity index is 603. The van der Waals surface area contributed by atoms with Gasteiger partial charge >= 0.3 is 5.97 Å². The number of hydrogen-bond acceptors (Lipinski definition) is 4. The molecule has 6 nitrogen and oxygen atoms in total. The van der Waals surface area contributed by atoms with Gasteiger partial charge in [-0.15, -0.1) is 0 Å². The molecule has 15 heavy (non-hydrogen) atoms. The molecule has 0 saturated heterocycles. The molecule has 0 unspecified atom stereocenters. The number of carbonyl (C=O) groups is 1. The number of carboxylic acids is 1. The highest BCUT2D eigenvalue weighted by Gasteiger charge is 2.13. The molecule has 0 fully saturated rings. The molecule has 2 rings (SSSR count). The lowest BCUT2D eigenvalue weighted by molar-refractivity contribution is 0.0688. The molecule has 0 aliphatic carbocycles. The predicted molar refractivity (Wildman–Crippen MR) is 53.7 cm³/mol. The number of aromatic amines is 1. The quantitative estimate of drug-likeness (QED) is 0.576. The van der Waals surface area contributed by atoms with Crippen LogP contribution in [0.25, 0.3) is 10.9 Å². The molecule has 0 saturated carbocycles. The number of hydrogen-bond donors (Lipinski definition) is 3.